The number of fused-ring (bicyclic) bond motifs is 1. The zero-order valence-corrected chi connectivity index (χ0v) is 19.4. The van der Waals surface area contributed by atoms with Gasteiger partial charge in [0.2, 0.25) is 5.91 Å². The lowest BCUT2D eigenvalue weighted by Crippen LogP contribution is -2.39. The number of rotatable bonds is 4. The van der Waals surface area contributed by atoms with Crippen LogP contribution in [0.1, 0.15) is 45.0 Å². The number of hydrogen-bond donors (Lipinski definition) is 1. The topological polar surface area (TPSA) is 71.5 Å². The first kappa shape index (κ1) is 23.4. The summed E-state index contributed by atoms with van der Waals surface area (Å²) in [4.78, 5) is 31.0. The largest absolute Gasteiger partial charge is 0.443 e. The molecule has 2 amide bonds. The van der Waals surface area contributed by atoms with Gasteiger partial charge < -0.3 is 10.1 Å². The summed E-state index contributed by atoms with van der Waals surface area (Å²) in [5.41, 5.74) is 2.71. The van der Waals surface area contributed by atoms with Gasteiger partial charge in [0.1, 0.15) is 17.2 Å². The zero-order chi connectivity index (χ0) is 24.6. The van der Waals surface area contributed by atoms with Crippen molar-refractivity contribution in [3.63, 3.8) is 0 Å². The van der Waals surface area contributed by atoms with Gasteiger partial charge in [-0.2, -0.15) is 0 Å². The zero-order valence-electron chi connectivity index (χ0n) is 19.4. The molecule has 1 atom stereocenters. The van der Waals surface area contributed by atoms with Crippen LogP contribution in [0.3, 0.4) is 0 Å². The number of amides is 2. The van der Waals surface area contributed by atoms with E-state index in [1.165, 1.54) is 4.90 Å². The van der Waals surface area contributed by atoms with Gasteiger partial charge in [-0.1, -0.05) is 18.2 Å². The van der Waals surface area contributed by atoms with E-state index in [0.29, 0.717) is 11.3 Å². The third-order valence-corrected chi connectivity index (χ3v) is 5.41. The fourth-order valence-electron chi connectivity index (χ4n) is 4.08. The molecule has 2 heterocycles. The highest BCUT2D eigenvalue weighted by Gasteiger charge is 2.32. The van der Waals surface area contributed by atoms with Crippen molar-refractivity contribution in [3.05, 3.63) is 77.6 Å². The van der Waals surface area contributed by atoms with Gasteiger partial charge in [-0.05, 0) is 63.1 Å². The van der Waals surface area contributed by atoms with E-state index >= 15 is 0 Å². The minimum atomic E-state index is -0.833. The molecule has 2 aromatic carbocycles. The predicted molar refractivity (Wildman–Crippen MR) is 125 cm³/mol. The second-order valence-electron chi connectivity index (χ2n) is 9.15. The van der Waals surface area contributed by atoms with E-state index in [0.717, 1.165) is 35.0 Å². The Balaban J connectivity index is 1.84. The fraction of sp³-hybridized carbons (Fsp3) is 0.269. The molecule has 1 aromatic heterocycles. The average Bonchev–Trinajstić information content (AvgIpc) is 3.12. The molecule has 0 bridgehead atoms. The highest BCUT2D eigenvalue weighted by atomic mass is 19.1. The highest BCUT2D eigenvalue weighted by Crippen LogP contribution is 2.38. The third kappa shape index (κ3) is 4.76. The molecule has 34 heavy (non-hydrogen) atoms. The first-order chi connectivity index (χ1) is 16.0. The third-order valence-electron chi connectivity index (χ3n) is 5.41. The molecule has 0 fully saturated rings. The molecule has 4 rings (SSSR count). The molecule has 176 valence electrons. The summed E-state index contributed by atoms with van der Waals surface area (Å²) in [7, 11) is 0. The fourth-order valence-corrected chi connectivity index (χ4v) is 4.08. The molecule has 0 saturated heterocycles. The number of aromatic nitrogens is 1. The maximum absolute atomic E-state index is 14.1. The van der Waals surface area contributed by atoms with Crippen LogP contribution in [0.15, 0.2) is 54.7 Å². The van der Waals surface area contributed by atoms with Crippen LogP contribution in [-0.4, -0.2) is 22.6 Å². The van der Waals surface area contributed by atoms with Crippen LogP contribution in [0.25, 0.3) is 11.1 Å². The minimum absolute atomic E-state index is 0.00554. The molecular weight excluding hydrogens is 440 g/mol. The van der Waals surface area contributed by atoms with Gasteiger partial charge in [0.05, 0.1) is 23.8 Å². The number of pyridine rings is 1. The molecule has 0 radical (unpaired) electrons. The summed E-state index contributed by atoms with van der Waals surface area (Å²) in [6, 6.07) is 11.3. The van der Waals surface area contributed by atoms with Crippen molar-refractivity contribution in [2.75, 3.05) is 10.2 Å². The van der Waals surface area contributed by atoms with E-state index in [-0.39, 0.29) is 18.0 Å². The Morgan fingerprint density at radius 1 is 1.09 bits per heavy atom. The molecule has 1 N–H and O–H groups in total. The van der Waals surface area contributed by atoms with Crippen molar-refractivity contribution in [2.24, 2.45) is 0 Å². The maximum Gasteiger partial charge on any atom is 0.415 e. The molecule has 0 saturated carbocycles. The Morgan fingerprint density at radius 3 is 2.44 bits per heavy atom. The average molecular weight is 466 g/mol. The van der Waals surface area contributed by atoms with E-state index < -0.39 is 29.4 Å². The minimum Gasteiger partial charge on any atom is -0.443 e. The molecule has 0 aliphatic carbocycles. The Labute approximate surface area is 196 Å². The highest BCUT2D eigenvalue weighted by molar-refractivity contribution is 6.02. The van der Waals surface area contributed by atoms with Gasteiger partial charge in [0.15, 0.2) is 0 Å². The SMILES string of the molecule is CC(c1ncccc1-c1cccc2c1CC(=O)N2)N(C(=O)OC(C)(C)C)c1cc(F)cc(F)c1. The van der Waals surface area contributed by atoms with Gasteiger partial charge in [-0.15, -0.1) is 0 Å². The standard InChI is InChI=1S/C26H25F2N3O3/c1-15(31(25(33)34-26(2,3)4)18-12-16(27)11-17(28)13-18)24-20(8-6-10-29-24)19-7-5-9-22-21(19)14-23(32)30-22/h5-13,15H,14H2,1-4H3,(H,30,32). The van der Waals surface area contributed by atoms with E-state index in [1.54, 1.807) is 40.0 Å². The predicted octanol–water partition coefficient (Wildman–Crippen LogP) is 6.02. The van der Waals surface area contributed by atoms with Crippen LogP contribution >= 0.6 is 0 Å². The number of nitrogens with one attached hydrogen (secondary N) is 1. The van der Waals surface area contributed by atoms with Crippen LogP contribution in [0.2, 0.25) is 0 Å². The number of nitrogens with zero attached hydrogens (tertiary/aromatic N) is 2. The molecular formula is C26H25F2N3O3. The molecule has 1 unspecified atom stereocenters. The van der Waals surface area contributed by atoms with Crippen molar-refractivity contribution < 1.29 is 23.1 Å². The lowest BCUT2D eigenvalue weighted by Gasteiger charge is -2.32. The summed E-state index contributed by atoms with van der Waals surface area (Å²) in [5.74, 6) is -1.74. The van der Waals surface area contributed by atoms with Crippen molar-refractivity contribution in [1.82, 2.24) is 4.98 Å². The Kier molecular flexibility index (Phi) is 6.08. The molecule has 3 aromatic rings. The molecule has 0 spiro atoms. The number of halogens is 2. The first-order valence-corrected chi connectivity index (χ1v) is 10.9. The molecule has 1 aliphatic rings. The van der Waals surface area contributed by atoms with E-state index in [1.807, 2.05) is 24.3 Å². The van der Waals surface area contributed by atoms with Crippen molar-refractivity contribution in [1.29, 1.82) is 0 Å². The van der Waals surface area contributed by atoms with Crippen LogP contribution in [0.4, 0.5) is 25.0 Å². The van der Waals surface area contributed by atoms with Gasteiger partial charge >= 0.3 is 6.09 Å². The van der Waals surface area contributed by atoms with Crippen molar-refractivity contribution in [2.45, 2.75) is 45.8 Å². The lowest BCUT2D eigenvalue weighted by molar-refractivity contribution is -0.115. The summed E-state index contributed by atoms with van der Waals surface area (Å²) < 4.78 is 33.8. The van der Waals surface area contributed by atoms with Gasteiger partial charge in [-0.3, -0.25) is 14.7 Å². The number of carbonyl (C=O) groups is 2. The van der Waals surface area contributed by atoms with Crippen LogP contribution in [0.5, 0.6) is 0 Å². The molecule has 1 aliphatic heterocycles. The van der Waals surface area contributed by atoms with Crippen LogP contribution in [0, 0.1) is 11.6 Å². The van der Waals surface area contributed by atoms with Gasteiger partial charge in [0, 0.05) is 23.5 Å². The van der Waals surface area contributed by atoms with Crippen LogP contribution < -0.4 is 10.2 Å². The van der Waals surface area contributed by atoms with E-state index in [4.69, 9.17) is 4.74 Å². The van der Waals surface area contributed by atoms with Crippen molar-refractivity contribution in [3.8, 4) is 11.1 Å². The molecule has 8 heteroatoms. The monoisotopic (exact) mass is 465 g/mol. The Hall–Kier alpha value is -3.81. The summed E-state index contributed by atoms with van der Waals surface area (Å²) in [6.07, 6.45) is 1.04. The Bertz CT molecular complexity index is 1250. The second-order valence-corrected chi connectivity index (χ2v) is 9.15. The van der Waals surface area contributed by atoms with E-state index in [2.05, 4.69) is 10.3 Å². The molecule has 6 nitrogen and oxygen atoms in total. The lowest BCUT2D eigenvalue weighted by atomic mass is 9.94. The van der Waals surface area contributed by atoms with Crippen LogP contribution in [-0.2, 0) is 16.0 Å². The number of carbonyl (C=O) groups excluding carboxylic acids is 2. The summed E-state index contributed by atoms with van der Waals surface area (Å²) in [5, 5.41) is 2.83. The first-order valence-electron chi connectivity index (χ1n) is 10.9. The quantitative estimate of drug-likeness (QED) is 0.511. The van der Waals surface area contributed by atoms with Gasteiger partial charge in [0.25, 0.3) is 0 Å². The summed E-state index contributed by atoms with van der Waals surface area (Å²) >= 11 is 0. The second kappa shape index (κ2) is 8.85. The number of anilines is 2. The van der Waals surface area contributed by atoms with Gasteiger partial charge in [-0.25, -0.2) is 13.6 Å². The normalized spacial score (nSPS) is 13.8. The number of ether oxygens (including phenoxy) is 1. The summed E-state index contributed by atoms with van der Waals surface area (Å²) in [6.45, 7) is 6.85. The number of hydrogen-bond acceptors (Lipinski definition) is 4. The maximum atomic E-state index is 14.1. The Morgan fingerprint density at radius 2 is 1.76 bits per heavy atom. The van der Waals surface area contributed by atoms with E-state index in [9.17, 15) is 18.4 Å². The number of benzene rings is 2. The smallest absolute Gasteiger partial charge is 0.415 e. The van der Waals surface area contributed by atoms with Crippen molar-refractivity contribution >= 4 is 23.4 Å².